The molecule has 1 aromatic carbocycles. The van der Waals surface area contributed by atoms with Gasteiger partial charge in [-0.15, -0.1) is 0 Å². The van der Waals surface area contributed by atoms with Crippen LogP contribution in [0.3, 0.4) is 0 Å². The SMILES string of the molecule is [Cl][Pt][Cl].c1ccc(-c2ccccn2)cc1. The molecule has 0 saturated heterocycles. The topological polar surface area (TPSA) is 12.9 Å². The van der Waals surface area contributed by atoms with E-state index in [1.807, 2.05) is 42.6 Å². The summed E-state index contributed by atoms with van der Waals surface area (Å²) in [6.45, 7) is 0. The largest absolute Gasteiger partial charge is 0.256 e. The molecule has 0 aliphatic heterocycles. The van der Waals surface area contributed by atoms with E-state index in [2.05, 4.69) is 17.1 Å². The molecule has 0 amide bonds. The second-order valence-corrected chi connectivity index (χ2v) is 5.91. The molecule has 1 nitrogen and oxygen atoms in total. The first-order valence-electron chi connectivity index (χ1n) is 4.17. The van der Waals surface area contributed by atoms with Crippen LogP contribution in [-0.4, -0.2) is 4.98 Å². The van der Waals surface area contributed by atoms with Gasteiger partial charge in [-0.05, 0) is 12.1 Å². The third kappa shape index (κ3) is 4.79. The summed E-state index contributed by atoms with van der Waals surface area (Å²) in [5.74, 6) is 0. The summed E-state index contributed by atoms with van der Waals surface area (Å²) in [6, 6.07) is 16.1. The van der Waals surface area contributed by atoms with Crippen molar-refractivity contribution in [2.75, 3.05) is 0 Å². The van der Waals surface area contributed by atoms with Gasteiger partial charge in [0.25, 0.3) is 0 Å². The van der Waals surface area contributed by atoms with Crippen molar-refractivity contribution in [3.8, 4) is 11.3 Å². The zero-order valence-corrected chi connectivity index (χ0v) is 11.5. The maximum absolute atomic E-state index is 4.88. The molecule has 0 saturated carbocycles. The molecule has 0 radical (unpaired) electrons. The summed E-state index contributed by atoms with van der Waals surface area (Å²) in [5.41, 5.74) is 2.19. The van der Waals surface area contributed by atoms with E-state index in [4.69, 9.17) is 18.8 Å². The van der Waals surface area contributed by atoms with Gasteiger partial charge < -0.3 is 0 Å². The van der Waals surface area contributed by atoms with Crippen LogP contribution in [0.4, 0.5) is 0 Å². The minimum absolute atomic E-state index is 0.472. The van der Waals surface area contributed by atoms with Gasteiger partial charge in [0.05, 0.1) is 5.69 Å². The Labute approximate surface area is 106 Å². The van der Waals surface area contributed by atoms with Crippen molar-refractivity contribution < 1.29 is 16.5 Å². The van der Waals surface area contributed by atoms with Gasteiger partial charge in [-0.1, -0.05) is 36.4 Å². The van der Waals surface area contributed by atoms with Gasteiger partial charge in [-0.2, -0.15) is 0 Å². The van der Waals surface area contributed by atoms with Gasteiger partial charge in [-0.25, -0.2) is 0 Å². The van der Waals surface area contributed by atoms with E-state index in [-0.39, 0.29) is 0 Å². The van der Waals surface area contributed by atoms with Crippen LogP contribution >= 0.6 is 18.8 Å². The molecule has 0 spiro atoms. The second kappa shape index (κ2) is 7.87. The zero-order chi connectivity index (χ0) is 10.9. The average molecular weight is 421 g/mol. The fourth-order valence-electron chi connectivity index (χ4n) is 1.14. The van der Waals surface area contributed by atoms with Crippen molar-refractivity contribution in [2.45, 2.75) is 0 Å². The molecule has 0 unspecified atom stereocenters. The van der Waals surface area contributed by atoms with Gasteiger partial charge in [-0.3, -0.25) is 4.98 Å². The van der Waals surface area contributed by atoms with E-state index in [9.17, 15) is 0 Å². The maximum atomic E-state index is 4.88. The predicted molar refractivity (Wildman–Crippen MR) is 61.4 cm³/mol. The van der Waals surface area contributed by atoms with Crippen LogP contribution in [0.1, 0.15) is 0 Å². The minimum Gasteiger partial charge on any atom is -0.256 e. The molecule has 4 heteroatoms. The third-order valence-corrected chi connectivity index (χ3v) is 1.73. The Morgan fingerprint density at radius 3 is 2.00 bits per heavy atom. The zero-order valence-electron chi connectivity index (χ0n) is 7.72. The summed E-state index contributed by atoms with van der Waals surface area (Å²) in [6.07, 6.45) is 1.81. The molecular weight excluding hydrogens is 412 g/mol. The van der Waals surface area contributed by atoms with E-state index in [0.717, 1.165) is 11.3 Å². The molecule has 2 aromatic rings. The standard InChI is InChI=1S/C11H9N.2ClH.Pt/c1-2-6-10(7-3-1)11-8-4-5-9-12-11;;;/h1-9H;2*1H;/q;;;+2/p-2. The van der Waals surface area contributed by atoms with Crippen molar-refractivity contribution in [3.05, 3.63) is 54.7 Å². The summed E-state index contributed by atoms with van der Waals surface area (Å²) in [7, 11) is 9.75. The molecule has 0 fully saturated rings. The summed E-state index contributed by atoms with van der Waals surface area (Å²) >= 11 is -0.472. The Morgan fingerprint density at radius 1 is 0.867 bits per heavy atom. The van der Waals surface area contributed by atoms with Gasteiger partial charge in [0.2, 0.25) is 0 Å². The average Bonchev–Trinajstić information content (AvgIpc) is 2.32. The van der Waals surface area contributed by atoms with Gasteiger partial charge in [0.15, 0.2) is 0 Å². The number of halogens is 2. The number of hydrogen-bond donors (Lipinski definition) is 0. The van der Waals surface area contributed by atoms with Crippen molar-refractivity contribution >= 4 is 18.8 Å². The van der Waals surface area contributed by atoms with Gasteiger partial charge in [0.1, 0.15) is 0 Å². The molecule has 0 N–H and O–H groups in total. The summed E-state index contributed by atoms with van der Waals surface area (Å²) < 4.78 is 0. The van der Waals surface area contributed by atoms with Gasteiger partial charge in [0, 0.05) is 11.8 Å². The third-order valence-electron chi connectivity index (χ3n) is 1.73. The van der Waals surface area contributed by atoms with Crippen molar-refractivity contribution in [1.29, 1.82) is 0 Å². The number of aromatic nitrogens is 1. The fraction of sp³-hybridized carbons (Fsp3) is 0. The van der Waals surface area contributed by atoms with Crippen molar-refractivity contribution in [1.82, 2.24) is 4.98 Å². The van der Waals surface area contributed by atoms with Crippen LogP contribution in [0.5, 0.6) is 0 Å². The smallest absolute Gasteiger partial charge is 0.0701 e. The Morgan fingerprint density at radius 2 is 1.47 bits per heavy atom. The number of hydrogen-bond acceptors (Lipinski definition) is 1. The molecule has 0 atom stereocenters. The molecular formula is C11H9Cl2NPt. The molecule has 82 valence electrons. The Hall–Kier alpha value is -0.362. The second-order valence-electron chi connectivity index (χ2n) is 2.63. The minimum atomic E-state index is -0.472. The Bertz CT molecular complexity index is 329. The van der Waals surface area contributed by atoms with Crippen molar-refractivity contribution in [3.63, 3.8) is 0 Å². The monoisotopic (exact) mass is 420 g/mol. The van der Waals surface area contributed by atoms with Gasteiger partial charge >= 0.3 is 35.3 Å². The summed E-state index contributed by atoms with van der Waals surface area (Å²) in [4.78, 5) is 4.25. The number of nitrogens with zero attached hydrogens (tertiary/aromatic N) is 1. The van der Waals surface area contributed by atoms with Crippen LogP contribution in [0.15, 0.2) is 54.7 Å². The predicted octanol–water partition coefficient (Wildman–Crippen LogP) is 4.13. The molecule has 15 heavy (non-hydrogen) atoms. The molecule has 1 heterocycles. The molecule has 1 aromatic heterocycles. The molecule has 0 aliphatic carbocycles. The van der Waals surface area contributed by atoms with Crippen LogP contribution < -0.4 is 0 Å². The summed E-state index contributed by atoms with van der Waals surface area (Å²) in [5, 5.41) is 0. The van der Waals surface area contributed by atoms with Crippen LogP contribution in [0, 0.1) is 0 Å². The first-order valence-corrected chi connectivity index (χ1v) is 9.80. The quantitative estimate of drug-likeness (QED) is 0.675. The van der Waals surface area contributed by atoms with E-state index >= 15 is 0 Å². The first-order chi connectivity index (χ1) is 7.38. The van der Waals surface area contributed by atoms with Crippen molar-refractivity contribution in [2.24, 2.45) is 0 Å². The number of pyridine rings is 1. The van der Waals surface area contributed by atoms with E-state index in [1.165, 1.54) is 0 Å². The van der Waals surface area contributed by atoms with E-state index < -0.39 is 16.5 Å². The fourth-order valence-corrected chi connectivity index (χ4v) is 1.14. The number of rotatable bonds is 1. The van der Waals surface area contributed by atoms with Crippen LogP contribution in [-0.2, 0) is 16.5 Å². The molecule has 0 bridgehead atoms. The Kier molecular flexibility index (Phi) is 6.67. The van der Waals surface area contributed by atoms with Crippen LogP contribution in [0.25, 0.3) is 11.3 Å². The van der Waals surface area contributed by atoms with Crippen LogP contribution in [0.2, 0.25) is 0 Å². The molecule has 2 rings (SSSR count). The maximum Gasteiger partial charge on any atom is 0.0701 e. The Balaban J connectivity index is 0.000000337. The number of benzene rings is 1. The molecule has 0 aliphatic rings. The van der Waals surface area contributed by atoms with E-state index in [0.29, 0.717) is 0 Å². The van der Waals surface area contributed by atoms with E-state index in [1.54, 1.807) is 0 Å². The first kappa shape index (κ1) is 12.7. The normalized spacial score (nSPS) is 9.20.